The average molecular weight is 275 g/mol. The molecule has 0 bridgehead atoms. The molecule has 0 amide bonds. The first-order valence-corrected chi connectivity index (χ1v) is 7.85. The summed E-state index contributed by atoms with van der Waals surface area (Å²) in [5, 5.41) is 10.4. The van der Waals surface area contributed by atoms with Crippen LogP contribution in [0.5, 0.6) is 0 Å². The lowest BCUT2D eigenvalue weighted by Gasteiger charge is -2.39. The fourth-order valence-corrected chi connectivity index (χ4v) is 3.82. The molecule has 2 heteroatoms. The Morgan fingerprint density at radius 2 is 1.90 bits per heavy atom. The van der Waals surface area contributed by atoms with Crippen LogP contribution in [0.2, 0.25) is 0 Å². The molecule has 1 aliphatic rings. The molecule has 0 aliphatic heterocycles. The maximum Gasteiger partial charge on any atom is 0.0590 e. The Morgan fingerprint density at radius 3 is 2.50 bits per heavy atom. The van der Waals surface area contributed by atoms with Crippen LogP contribution in [0, 0.1) is 31.6 Å². The van der Waals surface area contributed by atoms with Gasteiger partial charge in [0.1, 0.15) is 0 Å². The second-order valence-electron chi connectivity index (χ2n) is 6.96. The zero-order valence-corrected chi connectivity index (χ0v) is 13.6. The van der Waals surface area contributed by atoms with Crippen molar-refractivity contribution >= 4 is 5.69 Å². The van der Waals surface area contributed by atoms with Crippen LogP contribution in [0.4, 0.5) is 5.69 Å². The summed E-state index contributed by atoms with van der Waals surface area (Å²) < 4.78 is 0. The van der Waals surface area contributed by atoms with Crippen LogP contribution in [0.3, 0.4) is 0 Å². The number of anilines is 1. The van der Waals surface area contributed by atoms with E-state index in [1.54, 1.807) is 0 Å². The monoisotopic (exact) mass is 275 g/mol. The first-order chi connectivity index (χ1) is 9.38. The summed E-state index contributed by atoms with van der Waals surface area (Å²) in [5.41, 5.74) is 3.91. The molecule has 0 saturated heterocycles. The van der Waals surface area contributed by atoms with Gasteiger partial charge in [-0.25, -0.2) is 0 Å². The highest BCUT2D eigenvalue weighted by Gasteiger charge is 2.33. The molecule has 0 radical (unpaired) electrons. The number of aryl methyl sites for hydroxylation is 2. The van der Waals surface area contributed by atoms with Gasteiger partial charge in [-0.3, -0.25) is 0 Å². The third-order valence-corrected chi connectivity index (χ3v) is 4.89. The van der Waals surface area contributed by atoms with Crippen molar-refractivity contribution in [2.45, 2.75) is 46.6 Å². The highest BCUT2D eigenvalue weighted by molar-refractivity contribution is 5.53. The van der Waals surface area contributed by atoms with Crippen molar-refractivity contribution in [1.29, 1.82) is 0 Å². The van der Waals surface area contributed by atoms with E-state index >= 15 is 0 Å². The molecule has 1 fully saturated rings. The topological polar surface area (TPSA) is 23.5 Å². The smallest absolute Gasteiger partial charge is 0.0590 e. The molecule has 4 atom stereocenters. The van der Waals surface area contributed by atoms with Crippen LogP contribution in [-0.2, 0) is 0 Å². The van der Waals surface area contributed by atoms with Gasteiger partial charge in [0, 0.05) is 25.2 Å². The average Bonchev–Trinajstić information content (AvgIpc) is 2.33. The molecule has 1 aliphatic carbocycles. The van der Waals surface area contributed by atoms with Crippen molar-refractivity contribution in [2.24, 2.45) is 17.8 Å². The number of benzene rings is 1. The maximum atomic E-state index is 10.4. The molecular formula is C18H29NO. The highest BCUT2D eigenvalue weighted by atomic mass is 16.3. The summed E-state index contributed by atoms with van der Waals surface area (Å²) in [4.78, 5) is 2.31. The van der Waals surface area contributed by atoms with Gasteiger partial charge < -0.3 is 10.0 Å². The zero-order chi connectivity index (χ0) is 14.9. The minimum absolute atomic E-state index is 0.151. The van der Waals surface area contributed by atoms with Crippen LogP contribution >= 0.6 is 0 Å². The van der Waals surface area contributed by atoms with Gasteiger partial charge in [0.25, 0.3) is 0 Å². The first kappa shape index (κ1) is 15.4. The standard InChI is InChI=1S/C18H29NO/c1-12-6-7-17(15(4)8-12)19(5)11-16-14(3)9-13(2)10-18(16)20/h6-8,13-14,16,18,20H,9-11H2,1-5H3. The van der Waals surface area contributed by atoms with Gasteiger partial charge in [-0.2, -0.15) is 0 Å². The molecule has 1 aromatic rings. The summed E-state index contributed by atoms with van der Waals surface area (Å²) >= 11 is 0. The lowest BCUT2D eigenvalue weighted by molar-refractivity contribution is 0.0205. The molecular weight excluding hydrogens is 246 g/mol. The van der Waals surface area contributed by atoms with Gasteiger partial charge in [-0.05, 0) is 50.2 Å². The normalized spacial score (nSPS) is 30.3. The van der Waals surface area contributed by atoms with E-state index in [2.05, 4.69) is 57.8 Å². The molecule has 1 saturated carbocycles. The summed E-state index contributed by atoms with van der Waals surface area (Å²) in [5.74, 6) is 1.64. The molecule has 0 aromatic heterocycles. The van der Waals surface area contributed by atoms with Crippen LogP contribution in [0.1, 0.15) is 37.8 Å². The molecule has 4 unspecified atom stereocenters. The quantitative estimate of drug-likeness (QED) is 0.907. The molecule has 0 heterocycles. The van der Waals surface area contributed by atoms with E-state index in [0.717, 1.165) is 13.0 Å². The molecule has 2 rings (SSSR count). The molecule has 0 spiro atoms. The number of aliphatic hydroxyl groups is 1. The van der Waals surface area contributed by atoms with Gasteiger partial charge in [-0.1, -0.05) is 31.5 Å². The van der Waals surface area contributed by atoms with Crippen LogP contribution < -0.4 is 4.90 Å². The summed E-state index contributed by atoms with van der Waals surface area (Å²) in [6.45, 7) is 9.79. The Hall–Kier alpha value is -1.02. The van der Waals surface area contributed by atoms with E-state index in [1.807, 2.05) is 0 Å². The van der Waals surface area contributed by atoms with Crippen LogP contribution in [-0.4, -0.2) is 24.8 Å². The Bertz CT molecular complexity index is 445. The Labute approximate surface area is 123 Å². The number of nitrogens with zero attached hydrogens (tertiary/aromatic N) is 1. The number of aliphatic hydroxyl groups excluding tert-OH is 1. The van der Waals surface area contributed by atoms with Crippen molar-refractivity contribution in [3.8, 4) is 0 Å². The van der Waals surface area contributed by atoms with Gasteiger partial charge in [0.15, 0.2) is 0 Å². The molecule has 20 heavy (non-hydrogen) atoms. The second kappa shape index (κ2) is 6.17. The van der Waals surface area contributed by atoms with Crippen molar-refractivity contribution < 1.29 is 5.11 Å². The van der Waals surface area contributed by atoms with E-state index in [-0.39, 0.29) is 6.10 Å². The lowest BCUT2D eigenvalue weighted by Crippen LogP contribution is -2.41. The van der Waals surface area contributed by atoms with E-state index in [9.17, 15) is 5.11 Å². The SMILES string of the molecule is Cc1ccc(N(C)CC2C(C)CC(C)CC2O)c(C)c1. The predicted molar refractivity (Wildman–Crippen MR) is 86.2 cm³/mol. The summed E-state index contributed by atoms with van der Waals surface area (Å²) in [6.07, 6.45) is 2.04. The maximum absolute atomic E-state index is 10.4. The Kier molecular flexibility index (Phi) is 4.74. The number of hydrogen-bond donors (Lipinski definition) is 1. The summed E-state index contributed by atoms with van der Waals surface area (Å²) in [7, 11) is 2.15. The van der Waals surface area contributed by atoms with Crippen molar-refractivity contribution in [3.05, 3.63) is 29.3 Å². The molecule has 2 nitrogen and oxygen atoms in total. The molecule has 112 valence electrons. The molecule has 1 aromatic carbocycles. The van der Waals surface area contributed by atoms with E-state index in [4.69, 9.17) is 0 Å². The summed E-state index contributed by atoms with van der Waals surface area (Å²) in [6, 6.07) is 6.60. The lowest BCUT2D eigenvalue weighted by atomic mass is 9.73. The largest absolute Gasteiger partial charge is 0.393 e. The Morgan fingerprint density at radius 1 is 1.20 bits per heavy atom. The van der Waals surface area contributed by atoms with Crippen molar-refractivity contribution in [3.63, 3.8) is 0 Å². The van der Waals surface area contributed by atoms with E-state index in [0.29, 0.717) is 17.8 Å². The van der Waals surface area contributed by atoms with Gasteiger partial charge >= 0.3 is 0 Å². The third-order valence-electron chi connectivity index (χ3n) is 4.89. The fraction of sp³-hybridized carbons (Fsp3) is 0.667. The first-order valence-electron chi connectivity index (χ1n) is 7.85. The Balaban J connectivity index is 2.08. The van der Waals surface area contributed by atoms with Gasteiger partial charge in [0.2, 0.25) is 0 Å². The zero-order valence-electron chi connectivity index (χ0n) is 13.6. The van der Waals surface area contributed by atoms with Crippen molar-refractivity contribution in [2.75, 3.05) is 18.5 Å². The minimum atomic E-state index is -0.151. The van der Waals surface area contributed by atoms with Crippen LogP contribution in [0.15, 0.2) is 18.2 Å². The fourth-order valence-electron chi connectivity index (χ4n) is 3.82. The minimum Gasteiger partial charge on any atom is -0.393 e. The van der Waals surface area contributed by atoms with E-state index < -0.39 is 0 Å². The predicted octanol–water partition coefficient (Wildman–Crippen LogP) is 3.78. The highest BCUT2D eigenvalue weighted by Crippen LogP contribution is 2.35. The molecule has 1 N–H and O–H groups in total. The number of hydrogen-bond acceptors (Lipinski definition) is 2. The van der Waals surface area contributed by atoms with Crippen LogP contribution in [0.25, 0.3) is 0 Å². The van der Waals surface area contributed by atoms with Gasteiger partial charge in [0.05, 0.1) is 6.10 Å². The van der Waals surface area contributed by atoms with Gasteiger partial charge in [-0.15, -0.1) is 0 Å². The number of rotatable bonds is 3. The second-order valence-corrected chi connectivity index (χ2v) is 6.96. The van der Waals surface area contributed by atoms with E-state index in [1.165, 1.54) is 23.2 Å². The van der Waals surface area contributed by atoms with Crippen molar-refractivity contribution in [1.82, 2.24) is 0 Å². The third kappa shape index (κ3) is 3.35.